The molecule has 0 amide bonds. The van der Waals surface area contributed by atoms with E-state index in [2.05, 4.69) is 37.7 Å². The van der Waals surface area contributed by atoms with Crippen LogP contribution in [0.1, 0.15) is 23.9 Å². The van der Waals surface area contributed by atoms with E-state index in [4.69, 9.17) is 5.41 Å². The molecule has 13 heavy (non-hydrogen) atoms. The normalized spacial score (nSPS) is 10.1. The first-order valence-electron chi connectivity index (χ1n) is 4.22. The van der Waals surface area contributed by atoms with Gasteiger partial charge in [0, 0.05) is 0 Å². The van der Waals surface area contributed by atoms with Crippen molar-refractivity contribution < 1.29 is 19.2 Å². The van der Waals surface area contributed by atoms with Crippen LogP contribution in [0.2, 0.25) is 0 Å². The third-order valence-corrected chi connectivity index (χ3v) is 2.83. The Balaban J connectivity index is 3.18. The number of H-pyrrole nitrogens is 1. The summed E-state index contributed by atoms with van der Waals surface area (Å²) in [5.41, 5.74) is 3.20. The van der Waals surface area contributed by atoms with Crippen molar-refractivity contribution in [1.29, 1.82) is 5.41 Å². The molecule has 0 aliphatic carbocycles. The van der Waals surface area contributed by atoms with Gasteiger partial charge >= 0.3 is 89.2 Å². The summed E-state index contributed by atoms with van der Waals surface area (Å²) in [7, 11) is 0. The van der Waals surface area contributed by atoms with Gasteiger partial charge in [0.2, 0.25) is 0 Å². The van der Waals surface area contributed by atoms with Crippen LogP contribution in [-0.4, -0.2) is 11.2 Å². The molecular formula is C10H13N2Pd. The van der Waals surface area contributed by atoms with Crippen LogP contribution in [0.3, 0.4) is 0 Å². The van der Waals surface area contributed by atoms with E-state index >= 15 is 0 Å². The van der Waals surface area contributed by atoms with Crippen LogP contribution in [0.5, 0.6) is 0 Å². The van der Waals surface area contributed by atoms with Crippen molar-refractivity contribution in [3.8, 4) is 0 Å². The molecule has 1 rings (SSSR count). The van der Waals surface area contributed by atoms with E-state index in [1.807, 2.05) is 6.08 Å². The summed E-state index contributed by atoms with van der Waals surface area (Å²) in [5.74, 6) is 0. The predicted octanol–water partition coefficient (Wildman–Crippen LogP) is 1.48. The van der Waals surface area contributed by atoms with Crippen molar-refractivity contribution >= 4 is 10.3 Å². The Bertz CT molecular complexity index is 326. The summed E-state index contributed by atoms with van der Waals surface area (Å²) >= 11 is 3.19. The zero-order valence-electron chi connectivity index (χ0n) is 7.59. The van der Waals surface area contributed by atoms with Gasteiger partial charge < -0.3 is 0 Å². The summed E-state index contributed by atoms with van der Waals surface area (Å²) in [4.78, 5) is 3.29. The Morgan fingerprint density at radius 1 is 1.54 bits per heavy atom. The Kier molecular flexibility index (Phi) is 3.65. The molecule has 2 nitrogen and oxygen atoms in total. The van der Waals surface area contributed by atoms with E-state index < -0.39 is 0 Å². The monoisotopic (exact) mass is 267 g/mol. The summed E-state index contributed by atoms with van der Waals surface area (Å²) in [6, 6.07) is 0. The molecule has 0 saturated heterocycles. The molecule has 1 aromatic heterocycles. The van der Waals surface area contributed by atoms with E-state index in [1.165, 1.54) is 11.9 Å². The van der Waals surface area contributed by atoms with Crippen molar-refractivity contribution in [3.05, 3.63) is 29.6 Å². The number of hydrogen-bond donors (Lipinski definition) is 2. The van der Waals surface area contributed by atoms with Crippen LogP contribution in [0.25, 0.3) is 0 Å². The van der Waals surface area contributed by atoms with Crippen LogP contribution < -0.4 is 4.04 Å². The molecule has 0 atom stereocenters. The maximum absolute atomic E-state index is 7.29. The molecule has 0 bridgehead atoms. The van der Waals surface area contributed by atoms with Gasteiger partial charge in [-0.3, -0.25) is 0 Å². The second-order valence-electron chi connectivity index (χ2n) is 2.77. The maximum atomic E-state index is 7.29. The van der Waals surface area contributed by atoms with E-state index in [9.17, 15) is 0 Å². The fourth-order valence-electron chi connectivity index (χ4n) is 1.27. The third-order valence-electron chi connectivity index (χ3n) is 1.94. The molecule has 0 aliphatic heterocycles. The average molecular weight is 268 g/mol. The number of aromatic amines is 1. The average Bonchev–Trinajstić information content (AvgIpc) is 2.43. The molecular weight excluding hydrogens is 255 g/mol. The zero-order valence-corrected chi connectivity index (χ0v) is 9.15. The molecule has 1 aromatic rings. The fraction of sp³-hybridized carbons (Fsp3) is 0.300. The Morgan fingerprint density at radius 3 is 2.69 bits per heavy atom. The number of hydrogen-bond acceptors (Lipinski definition) is 1. The van der Waals surface area contributed by atoms with E-state index in [-0.39, 0.29) is 0 Å². The summed E-state index contributed by atoms with van der Waals surface area (Å²) in [6.45, 7) is 5.78. The molecule has 0 fully saturated rings. The van der Waals surface area contributed by atoms with Crippen molar-refractivity contribution in [2.24, 2.45) is 0 Å². The molecule has 0 unspecified atom stereocenters. The molecule has 0 radical (unpaired) electrons. The fourth-order valence-corrected chi connectivity index (χ4v) is 1.99. The van der Waals surface area contributed by atoms with Gasteiger partial charge in [-0.1, -0.05) is 0 Å². The molecule has 73 valence electrons. The molecule has 2 N–H and O–H groups in total. The Morgan fingerprint density at radius 2 is 2.23 bits per heavy atom. The Labute approximate surface area is 89.4 Å². The van der Waals surface area contributed by atoms with Crippen molar-refractivity contribution in [2.75, 3.05) is 0 Å². The molecule has 3 heteroatoms. The van der Waals surface area contributed by atoms with Gasteiger partial charge in [-0.2, -0.15) is 0 Å². The van der Waals surface area contributed by atoms with Gasteiger partial charge in [-0.15, -0.1) is 0 Å². The van der Waals surface area contributed by atoms with Crippen molar-refractivity contribution in [1.82, 2.24) is 4.98 Å². The van der Waals surface area contributed by atoms with Gasteiger partial charge in [0.05, 0.1) is 0 Å². The molecule has 0 aliphatic rings. The van der Waals surface area contributed by atoms with Crippen LogP contribution >= 0.6 is 0 Å². The topological polar surface area (TPSA) is 39.6 Å². The van der Waals surface area contributed by atoms with Crippen LogP contribution in [0, 0.1) is 5.41 Å². The SMILES string of the molecule is C=CCc1[nH]c(CC)[c]([Pd])c1C=N. The van der Waals surface area contributed by atoms with Gasteiger partial charge in [0.25, 0.3) is 0 Å². The minimum atomic E-state index is 0.787. The number of allylic oxidation sites excluding steroid dienone is 1. The van der Waals surface area contributed by atoms with Crippen LogP contribution in [0.15, 0.2) is 12.7 Å². The number of aryl methyl sites for hydroxylation is 1. The van der Waals surface area contributed by atoms with Crippen molar-refractivity contribution in [3.63, 3.8) is 0 Å². The molecule has 0 aromatic carbocycles. The first-order chi connectivity index (χ1) is 6.24. The van der Waals surface area contributed by atoms with Crippen molar-refractivity contribution in [2.45, 2.75) is 19.8 Å². The minimum absolute atomic E-state index is 0.787. The van der Waals surface area contributed by atoms with E-state index in [1.54, 1.807) is 0 Å². The number of rotatable bonds is 4. The second-order valence-corrected chi connectivity index (χ2v) is 3.55. The number of nitrogens with one attached hydrogen (secondary N) is 2. The van der Waals surface area contributed by atoms with Gasteiger partial charge in [0.15, 0.2) is 0 Å². The molecule has 1 heterocycles. The quantitative estimate of drug-likeness (QED) is 0.471. The number of aromatic nitrogens is 1. The van der Waals surface area contributed by atoms with Gasteiger partial charge in [-0.05, 0) is 0 Å². The molecule has 0 spiro atoms. The second kappa shape index (κ2) is 4.55. The van der Waals surface area contributed by atoms with Crippen LogP contribution in [-0.2, 0) is 32.0 Å². The predicted molar refractivity (Wildman–Crippen MR) is 51.6 cm³/mol. The first-order valence-corrected chi connectivity index (χ1v) is 4.99. The van der Waals surface area contributed by atoms with E-state index in [0.29, 0.717) is 0 Å². The zero-order chi connectivity index (χ0) is 9.84. The van der Waals surface area contributed by atoms with E-state index in [0.717, 1.165) is 28.1 Å². The standard InChI is InChI=1S/C10H13N2.Pd/c1-3-5-10-8(7-11)6-9(4-2)12-10;/h3,7,11-12H,1,4-5H2,2H3;. The summed E-state index contributed by atoms with van der Waals surface area (Å²) in [5, 5.41) is 7.29. The van der Waals surface area contributed by atoms with Crippen LogP contribution in [0.4, 0.5) is 0 Å². The van der Waals surface area contributed by atoms with Gasteiger partial charge in [0.1, 0.15) is 0 Å². The first kappa shape index (κ1) is 10.4. The Hall–Kier alpha value is -0.648. The summed E-state index contributed by atoms with van der Waals surface area (Å²) < 4.78 is 1.05. The molecule has 0 saturated carbocycles. The van der Waals surface area contributed by atoms with Gasteiger partial charge in [-0.25, -0.2) is 0 Å². The third kappa shape index (κ3) is 1.99. The summed E-state index contributed by atoms with van der Waals surface area (Å²) in [6.07, 6.45) is 4.96.